The van der Waals surface area contributed by atoms with Crippen molar-refractivity contribution in [2.75, 3.05) is 18.0 Å². The SMILES string of the molecule is COc1ccc2ccccc2c1/N=N/c1ccc(NNc2ccccc2)cc1. The number of nitrogens with zero attached hydrogens (tertiary/aromatic N) is 2. The van der Waals surface area contributed by atoms with Gasteiger partial charge in [-0.3, -0.25) is 0 Å². The Morgan fingerprint density at radius 3 is 2.07 bits per heavy atom. The fourth-order valence-electron chi connectivity index (χ4n) is 2.89. The molecule has 0 aliphatic heterocycles. The molecule has 0 heterocycles. The van der Waals surface area contributed by atoms with Crippen LogP contribution in [0.4, 0.5) is 22.7 Å². The molecule has 138 valence electrons. The number of ether oxygens (including phenoxy) is 1. The first kappa shape index (κ1) is 17.5. The van der Waals surface area contributed by atoms with Crippen molar-refractivity contribution < 1.29 is 4.74 Å². The normalized spacial score (nSPS) is 10.9. The summed E-state index contributed by atoms with van der Waals surface area (Å²) in [4.78, 5) is 0. The van der Waals surface area contributed by atoms with E-state index in [0.717, 1.165) is 33.5 Å². The molecule has 0 fully saturated rings. The summed E-state index contributed by atoms with van der Waals surface area (Å²) in [5.74, 6) is 0.702. The van der Waals surface area contributed by atoms with E-state index in [1.54, 1.807) is 7.11 Å². The molecule has 4 rings (SSSR count). The Bertz CT molecular complexity index is 1090. The first-order valence-corrected chi connectivity index (χ1v) is 8.98. The number of benzene rings is 4. The molecule has 0 radical (unpaired) electrons. The number of para-hydroxylation sites is 1. The standard InChI is InChI=1S/C23H20N4O/c1-28-22-16-11-17-7-5-6-10-21(17)23(22)27-26-20-14-12-19(13-15-20)25-24-18-8-3-2-4-9-18/h2-16,24-25H,1H3/b27-26+. The number of anilines is 2. The van der Waals surface area contributed by atoms with E-state index in [1.165, 1.54) is 0 Å². The number of hydrogen-bond acceptors (Lipinski definition) is 5. The Kier molecular flexibility index (Phi) is 5.15. The van der Waals surface area contributed by atoms with Crippen LogP contribution in [0.15, 0.2) is 101 Å². The van der Waals surface area contributed by atoms with Crippen LogP contribution in [-0.4, -0.2) is 7.11 Å². The van der Waals surface area contributed by atoms with E-state index in [0.29, 0.717) is 5.75 Å². The second kappa shape index (κ2) is 8.22. The van der Waals surface area contributed by atoms with Gasteiger partial charge < -0.3 is 15.6 Å². The van der Waals surface area contributed by atoms with Crippen LogP contribution in [-0.2, 0) is 0 Å². The molecule has 4 aromatic carbocycles. The fourth-order valence-corrected chi connectivity index (χ4v) is 2.89. The van der Waals surface area contributed by atoms with E-state index in [2.05, 4.69) is 21.1 Å². The van der Waals surface area contributed by atoms with Gasteiger partial charge >= 0.3 is 0 Å². The van der Waals surface area contributed by atoms with Crippen LogP contribution in [0, 0.1) is 0 Å². The average molecular weight is 368 g/mol. The molecule has 5 heteroatoms. The highest BCUT2D eigenvalue weighted by molar-refractivity contribution is 5.95. The lowest BCUT2D eigenvalue weighted by molar-refractivity contribution is 0.416. The maximum atomic E-state index is 5.46. The van der Waals surface area contributed by atoms with Gasteiger partial charge in [-0.25, -0.2) is 0 Å². The number of hydrazine groups is 1. The summed E-state index contributed by atoms with van der Waals surface area (Å²) in [5, 5.41) is 11.0. The van der Waals surface area contributed by atoms with Gasteiger partial charge in [-0.05, 0) is 47.9 Å². The molecule has 0 amide bonds. The molecule has 0 aromatic heterocycles. The average Bonchev–Trinajstić information content (AvgIpc) is 2.77. The van der Waals surface area contributed by atoms with E-state index in [-0.39, 0.29) is 0 Å². The van der Waals surface area contributed by atoms with E-state index in [9.17, 15) is 0 Å². The summed E-state index contributed by atoms with van der Waals surface area (Å²) < 4.78 is 5.46. The van der Waals surface area contributed by atoms with Crippen molar-refractivity contribution in [2.45, 2.75) is 0 Å². The number of fused-ring (bicyclic) bond motifs is 1. The van der Waals surface area contributed by atoms with Crippen molar-refractivity contribution in [3.05, 3.63) is 91.0 Å². The second-order valence-corrected chi connectivity index (χ2v) is 6.20. The Balaban J connectivity index is 1.52. The molecule has 0 bridgehead atoms. The Morgan fingerprint density at radius 2 is 1.32 bits per heavy atom. The van der Waals surface area contributed by atoms with Crippen molar-refractivity contribution in [3.8, 4) is 5.75 Å². The van der Waals surface area contributed by atoms with Crippen LogP contribution in [0.2, 0.25) is 0 Å². The van der Waals surface area contributed by atoms with E-state index >= 15 is 0 Å². The fraction of sp³-hybridized carbons (Fsp3) is 0.0435. The van der Waals surface area contributed by atoms with Gasteiger partial charge in [0, 0.05) is 5.39 Å². The summed E-state index contributed by atoms with van der Waals surface area (Å²) in [5.41, 5.74) is 9.74. The van der Waals surface area contributed by atoms with Crippen LogP contribution >= 0.6 is 0 Å². The molecule has 0 unspecified atom stereocenters. The second-order valence-electron chi connectivity index (χ2n) is 6.20. The van der Waals surface area contributed by atoms with Crippen LogP contribution in [0.1, 0.15) is 0 Å². The molecule has 0 atom stereocenters. The zero-order valence-corrected chi connectivity index (χ0v) is 15.5. The summed E-state index contributed by atoms with van der Waals surface area (Å²) in [6, 6.07) is 29.7. The molecule has 0 saturated carbocycles. The molecular weight excluding hydrogens is 348 g/mol. The third-order valence-electron chi connectivity index (χ3n) is 4.34. The van der Waals surface area contributed by atoms with Gasteiger partial charge in [0.2, 0.25) is 0 Å². The maximum Gasteiger partial charge on any atom is 0.147 e. The van der Waals surface area contributed by atoms with E-state index < -0.39 is 0 Å². The summed E-state index contributed by atoms with van der Waals surface area (Å²) >= 11 is 0. The number of azo groups is 1. The van der Waals surface area contributed by atoms with Crippen LogP contribution in [0.5, 0.6) is 5.75 Å². The van der Waals surface area contributed by atoms with Crippen molar-refractivity contribution in [2.24, 2.45) is 10.2 Å². The van der Waals surface area contributed by atoms with Crippen LogP contribution in [0.25, 0.3) is 10.8 Å². The number of nitrogens with one attached hydrogen (secondary N) is 2. The summed E-state index contributed by atoms with van der Waals surface area (Å²) in [6.45, 7) is 0. The van der Waals surface area contributed by atoms with Crippen LogP contribution < -0.4 is 15.6 Å². The largest absolute Gasteiger partial charge is 0.494 e. The Morgan fingerprint density at radius 1 is 0.643 bits per heavy atom. The maximum absolute atomic E-state index is 5.46. The van der Waals surface area contributed by atoms with Gasteiger partial charge in [0.05, 0.1) is 24.2 Å². The zero-order valence-electron chi connectivity index (χ0n) is 15.5. The van der Waals surface area contributed by atoms with Gasteiger partial charge in [0.1, 0.15) is 11.4 Å². The molecule has 0 aliphatic carbocycles. The first-order chi connectivity index (χ1) is 13.8. The number of rotatable bonds is 6. The molecule has 5 nitrogen and oxygen atoms in total. The lowest BCUT2D eigenvalue weighted by Gasteiger charge is -2.09. The molecule has 0 aliphatic rings. The number of hydrogen-bond donors (Lipinski definition) is 2. The van der Waals surface area contributed by atoms with E-state index in [1.807, 2.05) is 91.0 Å². The van der Waals surface area contributed by atoms with Crippen molar-refractivity contribution in [1.29, 1.82) is 0 Å². The highest BCUT2D eigenvalue weighted by atomic mass is 16.5. The number of methoxy groups -OCH3 is 1. The highest BCUT2D eigenvalue weighted by Crippen LogP contribution is 2.36. The van der Waals surface area contributed by atoms with Gasteiger partial charge in [-0.2, -0.15) is 5.11 Å². The van der Waals surface area contributed by atoms with Crippen molar-refractivity contribution >= 4 is 33.5 Å². The van der Waals surface area contributed by atoms with E-state index in [4.69, 9.17) is 4.74 Å². The molecule has 4 aromatic rings. The summed E-state index contributed by atoms with van der Waals surface area (Å²) in [7, 11) is 1.64. The highest BCUT2D eigenvalue weighted by Gasteiger charge is 2.07. The topological polar surface area (TPSA) is 58.0 Å². The predicted molar refractivity (Wildman–Crippen MR) is 115 cm³/mol. The Labute approximate surface area is 163 Å². The van der Waals surface area contributed by atoms with Gasteiger partial charge in [-0.1, -0.05) is 48.5 Å². The van der Waals surface area contributed by atoms with Gasteiger partial charge in [0.15, 0.2) is 0 Å². The molecule has 0 spiro atoms. The first-order valence-electron chi connectivity index (χ1n) is 8.98. The minimum atomic E-state index is 0.702. The quantitative estimate of drug-likeness (QED) is 0.294. The molecule has 2 N–H and O–H groups in total. The zero-order chi connectivity index (χ0) is 19.2. The molecule has 0 saturated heterocycles. The van der Waals surface area contributed by atoms with Crippen LogP contribution in [0.3, 0.4) is 0 Å². The third kappa shape index (κ3) is 3.94. The van der Waals surface area contributed by atoms with Gasteiger partial charge in [0.25, 0.3) is 0 Å². The lowest BCUT2D eigenvalue weighted by Crippen LogP contribution is -2.07. The molecular formula is C23H20N4O. The third-order valence-corrected chi connectivity index (χ3v) is 4.34. The minimum Gasteiger partial charge on any atom is -0.494 e. The molecule has 28 heavy (non-hydrogen) atoms. The smallest absolute Gasteiger partial charge is 0.147 e. The predicted octanol–water partition coefficient (Wildman–Crippen LogP) is 6.70. The Hall–Kier alpha value is -3.86. The minimum absolute atomic E-state index is 0.702. The van der Waals surface area contributed by atoms with Crippen molar-refractivity contribution in [1.82, 2.24) is 0 Å². The summed E-state index contributed by atoms with van der Waals surface area (Å²) in [6.07, 6.45) is 0. The monoisotopic (exact) mass is 368 g/mol. The van der Waals surface area contributed by atoms with Crippen molar-refractivity contribution in [3.63, 3.8) is 0 Å². The van der Waals surface area contributed by atoms with Gasteiger partial charge in [-0.15, -0.1) is 5.11 Å². The lowest BCUT2D eigenvalue weighted by atomic mass is 10.1.